The largest absolute Gasteiger partial charge is 0.383 e. The maximum atomic E-state index is 12.7. The number of hydrogen-bond donors (Lipinski definition) is 1. The van der Waals surface area contributed by atoms with E-state index < -0.39 is 0 Å². The summed E-state index contributed by atoms with van der Waals surface area (Å²) >= 11 is 0. The van der Waals surface area contributed by atoms with Gasteiger partial charge in [-0.3, -0.25) is 4.79 Å². The summed E-state index contributed by atoms with van der Waals surface area (Å²) in [6.45, 7) is 3.82. The highest BCUT2D eigenvalue weighted by Crippen LogP contribution is 2.22. The number of nitrogens with two attached hydrogens (primary N) is 1. The van der Waals surface area contributed by atoms with Crippen LogP contribution in [-0.2, 0) is 0 Å². The molecule has 1 aromatic carbocycles. The molecule has 4 nitrogen and oxygen atoms in total. The molecular formula is C17H15N3O. The number of benzene rings is 1. The SMILES string of the molecule is Cc1ccnc(N)c1C(=O)c1cc(C)c2ccccc2n1. The van der Waals surface area contributed by atoms with Gasteiger partial charge in [0.05, 0.1) is 11.1 Å². The molecule has 0 aliphatic heterocycles. The van der Waals surface area contributed by atoms with Crippen LogP contribution < -0.4 is 5.73 Å². The molecule has 0 amide bonds. The van der Waals surface area contributed by atoms with E-state index in [0.29, 0.717) is 11.3 Å². The van der Waals surface area contributed by atoms with Crippen molar-refractivity contribution in [2.45, 2.75) is 13.8 Å². The fourth-order valence-electron chi connectivity index (χ4n) is 2.47. The number of rotatable bonds is 2. The number of carbonyl (C=O) groups is 1. The highest BCUT2D eigenvalue weighted by Gasteiger charge is 2.18. The Morgan fingerprint density at radius 3 is 2.62 bits per heavy atom. The second kappa shape index (κ2) is 4.98. The van der Waals surface area contributed by atoms with E-state index in [2.05, 4.69) is 9.97 Å². The molecule has 4 heteroatoms. The standard InChI is InChI=1S/C17H15N3O/c1-10-7-8-19-17(18)15(10)16(21)14-9-11(2)12-5-3-4-6-13(12)20-14/h3-9H,1-2H3,(H2,18,19). The van der Waals surface area contributed by atoms with Gasteiger partial charge in [-0.05, 0) is 43.2 Å². The fraction of sp³-hybridized carbons (Fsp3) is 0.118. The quantitative estimate of drug-likeness (QED) is 0.731. The predicted molar refractivity (Wildman–Crippen MR) is 83.3 cm³/mol. The summed E-state index contributed by atoms with van der Waals surface area (Å²) in [6.07, 6.45) is 1.60. The molecule has 0 saturated carbocycles. The lowest BCUT2D eigenvalue weighted by atomic mass is 10.0. The van der Waals surface area contributed by atoms with Gasteiger partial charge in [0.1, 0.15) is 11.5 Å². The normalized spacial score (nSPS) is 10.8. The molecule has 104 valence electrons. The zero-order valence-corrected chi connectivity index (χ0v) is 11.9. The molecule has 0 unspecified atom stereocenters. The summed E-state index contributed by atoms with van der Waals surface area (Å²) in [5.41, 5.74) is 9.31. The minimum absolute atomic E-state index is 0.188. The first-order valence-corrected chi connectivity index (χ1v) is 6.70. The van der Waals surface area contributed by atoms with E-state index in [0.717, 1.165) is 22.0 Å². The first-order valence-electron chi connectivity index (χ1n) is 6.70. The number of anilines is 1. The Bertz CT molecular complexity index is 836. The van der Waals surface area contributed by atoms with Crippen LogP contribution in [0.3, 0.4) is 0 Å². The predicted octanol–water partition coefficient (Wildman–Crippen LogP) is 3.06. The molecule has 3 aromatic rings. The third-order valence-electron chi connectivity index (χ3n) is 3.57. The van der Waals surface area contributed by atoms with Crippen LogP contribution >= 0.6 is 0 Å². The second-order valence-corrected chi connectivity index (χ2v) is 5.06. The molecule has 0 aliphatic rings. The Kier molecular flexibility index (Phi) is 3.14. The lowest BCUT2D eigenvalue weighted by Crippen LogP contribution is -2.11. The Hall–Kier alpha value is -2.75. The van der Waals surface area contributed by atoms with Crippen LogP contribution in [0.2, 0.25) is 0 Å². The van der Waals surface area contributed by atoms with Gasteiger partial charge in [-0.25, -0.2) is 9.97 Å². The van der Waals surface area contributed by atoms with Gasteiger partial charge in [0.2, 0.25) is 5.78 Å². The van der Waals surface area contributed by atoms with Crippen molar-refractivity contribution in [1.29, 1.82) is 0 Å². The number of hydrogen-bond acceptors (Lipinski definition) is 4. The molecule has 2 aromatic heterocycles. The van der Waals surface area contributed by atoms with Crippen molar-refractivity contribution >= 4 is 22.5 Å². The molecule has 0 fully saturated rings. The maximum absolute atomic E-state index is 12.7. The summed E-state index contributed by atoms with van der Waals surface area (Å²) in [6, 6.07) is 11.3. The van der Waals surface area contributed by atoms with Crippen molar-refractivity contribution in [1.82, 2.24) is 9.97 Å². The molecule has 2 heterocycles. The lowest BCUT2D eigenvalue weighted by Gasteiger charge is -2.09. The zero-order valence-electron chi connectivity index (χ0n) is 11.9. The fourth-order valence-corrected chi connectivity index (χ4v) is 2.47. The van der Waals surface area contributed by atoms with Gasteiger partial charge < -0.3 is 5.73 Å². The summed E-state index contributed by atoms with van der Waals surface area (Å²) in [5, 5.41) is 1.05. The smallest absolute Gasteiger partial charge is 0.215 e. The summed E-state index contributed by atoms with van der Waals surface area (Å²) in [5.74, 6) is 0.0552. The molecule has 0 bridgehead atoms. The van der Waals surface area contributed by atoms with Crippen LogP contribution in [0, 0.1) is 13.8 Å². The summed E-state index contributed by atoms with van der Waals surface area (Å²) in [7, 11) is 0. The Morgan fingerprint density at radius 1 is 1.10 bits per heavy atom. The Labute approximate surface area is 122 Å². The van der Waals surface area contributed by atoms with E-state index in [1.165, 1.54) is 0 Å². The highest BCUT2D eigenvalue weighted by atomic mass is 16.1. The van der Waals surface area contributed by atoms with Gasteiger partial charge in [-0.15, -0.1) is 0 Å². The number of para-hydroxylation sites is 1. The van der Waals surface area contributed by atoms with Gasteiger partial charge in [0.25, 0.3) is 0 Å². The number of aryl methyl sites for hydroxylation is 2. The van der Waals surface area contributed by atoms with E-state index in [1.807, 2.05) is 38.1 Å². The third kappa shape index (κ3) is 2.25. The molecule has 3 rings (SSSR count). The number of nitrogen functional groups attached to an aromatic ring is 1. The van der Waals surface area contributed by atoms with Crippen molar-refractivity contribution in [3.05, 3.63) is 65.0 Å². The van der Waals surface area contributed by atoms with Crippen LogP contribution in [-0.4, -0.2) is 15.8 Å². The van der Waals surface area contributed by atoms with E-state index >= 15 is 0 Å². The highest BCUT2D eigenvalue weighted by molar-refractivity contribution is 6.12. The Morgan fingerprint density at radius 2 is 1.86 bits per heavy atom. The number of carbonyl (C=O) groups excluding carboxylic acids is 1. The van der Waals surface area contributed by atoms with Crippen LogP contribution in [0.4, 0.5) is 5.82 Å². The lowest BCUT2D eigenvalue weighted by molar-refractivity contribution is 0.103. The third-order valence-corrected chi connectivity index (χ3v) is 3.57. The van der Waals surface area contributed by atoms with Crippen LogP contribution in [0.15, 0.2) is 42.6 Å². The van der Waals surface area contributed by atoms with Crippen LogP contribution in [0.25, 0.3) is 10.9 Å². The monoisotopic (exact) mass is 277 g/mol. The first-order chi connectivity index (χ1) is 10.1. The molecule has 21 heavy (non-hydrogen) atoms. The van der Waals surface area contributed by atoms with Crippen LogP contribution in [0.5, 0.6) is 0 Å². The number of aromatic nitrogens is 2. The number of nitrogens with zero attached hydrogens (tertiary/aromatic N) is 2. The summed E-state index contributed by atoms with van der Waals surface area (Å²) < 4.78 is 0. The van der Waals surface area contributed by atoms with Gasteiger partial charge in [-0.1, -0.05) is 18.2 Å². The Balaban J connectivity index is 2.19. The van der Waals surface area contributed by atoms with E-state index in [1.54, 1.807) is 18.3 Å². The maximum Gasteiger partial charge on any atom is 0.215 e. The first kappa shape index (κ1) is 13.2. The van der Waals surface area contributed by atoms with Gasteiger partial charge in [-0.2, -0.15) is 0 Å². The number of fused-ring (bicyclic) bond motifs is 1. The number of pyridine rings is 2. The van der Waals surface area contributed by atoms with Crippen molar-refractivity contribution in [3.63, 3.8) is 0 Å². The summed E-state index contributed by atoms with van der Waals surface area (Å²) in [4.78, 5) is 21.2. The van der Waals surface area contributed by atoms with Gasteiger partial charge in [0, 0.05) is 11.6 Å². The van der Waals surface area contributed by atoms with Crippen molar-refractivity contribution in [2.75, 3.05) is 5.73 Å². The molecule has 0 spiro atoms. The topological polar surface area (TPSA) is 68.9 Å². The van der Waals surface area contributed by atoms with Crippen LogP contribution in [0.1, 0.15) is 27.2 Å². The average molecular weight is 277 g/mol. The molecule has 0 atom stereocenters. The molecule has 0 saturated heterocycles. The van der Waals surface area contributed by atoms with Crippen molar-refractivity contribution in [3.8, 4) is 0 Å². The van der Waals surface area contributed by atoms with Crippen molar-refractivity contribution in [2.24, 2.45) is 0 Å². The number of ketones is 1. The minimum Gasteiger partial charge on any atom is -0.383 e. The zero-order chi connectivity index (χ0) is 15.0. The molecule has 0 radical (unpaired) electrons. The molecule has 2 N–H and O–H groups in total. The van der Waals surface area contributed by atoms with Gasteiger partial charge in [0.15, 0.2) is 0 Å². The second-order valence-electron chi connectivity index (χ2n) is 5.06. The van der Waals surface area contributed by atoms with E-state index in [9.17, 15) is 4.79 Å². The molecule has 0 aliphatic carbocycles. The average Bonchev–Trinajstić information content (AvgIpc) is 2.47. The van der Waals surface area contributed by atoms with E-state index in [4.69, 9.17) is 5.73 Å². The molecular weight excluding hydrogens is 262 g/mol. The van der Waals surface area contributed by atoms with Crippen molar-refractivity contribution < 1.29 is 4.79 Å². The van der Waals surface area contributed by atoms with Gasteiger partial charge >= 0.3 is 0 Å². The van der Waals surface area contributed by atoms with E-state index in [-0.39, 0.29) is 11.6 Å². The minimum atomic E-state index is -0.188.